The molecule has 1 atom stereocenters. The molecule has 0 saturated heterocycles. The lowest BCUT2D eigenvalue weighted by Crippen LogP contribution is -2.29. The molecule has 0 heterocycles. The Morgan fingerprint density at radius 2 is 1.88 bits per heavy atom. The molecule has 3 heteroatoms. The van der Waals surface area contributed by atoms with E-state index in [9.17, 15) is 9.90 Å². The van der Waals surface area contributed by atoms with Gasteiger partial charge in [0.15, 0.2) is 0 Å². The minimum atomic E-state index is -1.12. The summed E-state index contributed by atoms with van der Waals surface area (Å²) >= 11 is 4.38. The molecule has 0 fully saturated rings. The van der Waals surface area contributed by atoms with Gasteiger partial charge in [0, 0.05) is 0 Å². The fourth-order valence-electron chi connectivity index (χ4n) is 2.04. The highest BCUT2D eigenvalue weighted by Gasteiger charge is 2.35. The zero-order chi connectivity index (χ0) is 12.5. The largest absolute Gasteiger partial charge is 0.480 e. The van der Waals surface area contributed by atoms with Gasteiger partial charge in [0.2, 0.25) is 0 Å². The van der Waals surface area contributed by atoms with Gasteiger partial charge < -0.3 is 5.11 Å². The summed E-state index contributed by atoms with van der Waals surface area (Å²) in [6, 6.07) is 13.5. The van der Waals surface area contributed by atoms with Crippen LogP contribution in [0.25, 0.3) is 10.8 Å². The van der Waals surface area contributed by atoms with Gasteiger partial charge in [-0.2, -0.15) is 12.6 Å². The number of carbonyl (C=O) groups is 1. The Labute approximate surface area is 106 Å². The van der Waals surface area contributed by atoms with Crippen molar-refractivity contribution >= 4 is 29.4 Å². The second kappa shape index (κ2) is 4.41. The van der Waals surface area contributed by atoms with E-state index in [0.29, 0.717) is 6.42 Å². The molecule has 0 saturated carbocycles. The molecule has 0 bridgehead atoms. The van der Waals surface area contributed by atoms with E-state index in [1.54, 1.807) is 0 Å². The van der Waals surface area contributed by atoms with Gasteiger partial charge in [-0.15, -0.1) is 0 Å². The second-order valence-electron chi connectivity index (χ2n) is 4.05. The van der Waals surface area contributed by atoms with E-state index >= 15 is 0 Å². The second-order valence-corrected chi connectivity index (χ2v) is 4.81. The van der Waals surface area contributed by atoms with Gasteiger partial charge in [0.1, 0.15) is 4.75 Å². The molecule has 2 aromatic carbocycles. The molecule has 2 rings (SSSR count). The van der Waals surface area contributed by atoms with Crippen LogP contribution < -0.4 is 0 Å². The quantitative estimate of drug-likeness (QED) is 0.814. The van der Waals surface area contributed by atoms with Crippen molar-refractivity contribution in [3.05, 3.63) is 48.0 Å². The maximum absolute atomic E-state index is 11.4. The number of rotatable bonds is 3. The predicted molar refractivity (Wildman–Crippen MR) is 72.5 cm³/mol. The van der Waals surface area contributed by atoms with Crippen molar-refractivity contribution in [1.82, 2.24) is 0 Å². The molecule has 88 valence electrons. The normalized spacial score (nSPS) is 14.5. The lowest BCUT2D eigenvalue weighted by Gasteiger charge is -2.24. The molecule has 1 unspecified atom stereocenters. The van der Waals surface area contributed by atoms with Gasteiger partial charge in [-0.25, -0.2) is 0 Å². The topological polar surface area (TPSA) is 37.3 Å². The van der Waals surface area contributed by atoms with Crippen molar-refractivity contribution in [2.75, 3.05) is 0 Å². The van der Waals surface area contributed by atoms with E-state index in [-0.39, 0.29) is 0 Å². The Hall–Kier alpha value is -1.48. The van der Waals surface area contributed by atoms with Crippen LogP contribution in [0.3, 0.4) is 0 Å². The minimum Gasteiger partial charge on any atom is -0.480 e. The average molecular weight is 246 g/mol. The van der Waals surface area contributed by atoms with Crippen LogP contribution >= 0.6 is 12.6 Å². The van der Waals surface area contributed by atoms with E-state index in [1.165, 1.54) is 0 Å². The number of aliphatic carboxylic acids is 1. The van der Waals surface area contributed by atoms with E-state index in [1.807, 2.05) is 49.4 Å². The Bertz CT molecular complexity index is 560. The minimum absolute atomic E-state index is 0.444. The molecule has 0 amide bonds. The average Bonchev–Trinajstić information content (AvgIpc) is 2.37. The van der Waals surface area contributed by atoms with Crippen molar-refractivity contribution < 1.29 is 9.90 Å². The van der Waals surface area contributed by atoms with Crippen molar-refractivity contribution in [1.29, 1.82) is 0 Å². The Morgan fingerprint density at radius 1 is 1.24 bits per heavy atom. The maximum atomic E-state index is 11.4. The molecule has 2 aromatic rings. The summed E-state index contributed by atoms with van der Waals surface area (Å²) in [5.74, 6) is -0.903. The first-order valence-electron chi connectivity index (χ1n) is 5.53. The molecule has 0 aliphatic heterocycles. The van der Waals surface area contributed by atoms with E-state index in [2.05, 4.69) is 12.6 Å². The van der Waals surface area contributed by atoms with Crippen molar-refractivity contribution in [3.8, 4) is 0 Å². The molecule has 0 aliphatic carbocycles. The summed E-state index contributed by atoms with van der Waals surface area (Å²) in [5, 5.41) is 11.4. The SMILES string of the molecule is CCC(S)(C(=O)O)c1cccc2ccccc12. The molecule has 17 heavy (non-hydrogen) atoms. The van der Waals surface area contributed by atoms with Crippen LogP contribution in [0.1, 0.15) is 18.9 Å². The highest BCUT2D eigenvalue weighted by atomic mass is 32.1. The number of carboxylic acid groups (broad SMARTS) is 1. The summed E-state index contributed by atoms with van der Waals surface area (Å²) in [6.45, 7) is 1.84. The predicted octanol–water partition coefficient (Wildman–Crippen LogP) is 3.46. The number of benzene rings is 2. The summed E-state index contributed by atoms with van der Waals surface area (Å²) < 4.78 is -1.12. The molecule has 0 aromatic heterocycles. The standard InChI is InChI=1S/C14H14O2S/c1-2-14(17,13(15)16)12-9-5-7-10-6-3-4-8-11(10)12/h3-9,17H,2H2,1H3,(H,15,16). The molecular weight excluding hydrogens is 232 g/mol. The number of hydrogen-bond acceptors (Lipinski definition) is 2. The summed E-state index contributed by atoms with van der Waals surface area (Å²) in [7, 11) is 0. The zero-order valence-electron chi connectivity index (χ0n) is 9.55. The van der Waals surface area contributed by atoms with Gasteiger partial charge in [-0.1, -0.05) is 49.4 Å². The van der Waals surface area contributed by atoms with Crippen LogP contribution in [0.15, 0.2) is 42.5 Å². The van der Waals surface area contributed by atoms with Crippen LogP contribution in [0.4, 0.5) is 0 Å². The van der Waals surface area contributed by atoms with Crippen molar-refractivity contribution in [2.45, 2.75) is 18.1 Å². The monoisotopic (exact) mass is 246 g/mol. The molecule has 0 spiro atoms. The molecular formula is C14H14O2S. The fourth-order valence-corrected chi connectivity index (χ4v) is 2.24. The number of fused-ring (bicyclic) bond motifs is 1. The van der Waals surface area contributed by atoms with Crippen LogP contribution in [0.2, 0.25) is 0 Å². The van der Waals surface area contributed by atoms with Crippen LogP contribution in [-0.4, -0.2) is 11.1 Å². The molecule has 1 N–H and O–H groups in total. The van der Waals surface area contributed by atoms with Crippen molar-refractivity contribution in [3.63, 3.8) is 0 Å². The van der Waals surface area contributed by atoms with Crippen LogP contribution in [-0.2, 0) is 9.54 Å². The number of hydrogen-bond donors (Lipinski definition) is 2. The lowest BCUT2D eigenvalue weighted by molar-refractivity contribution is -0.140. The van der Waals surface area contributed by atoms with Gasteiger partial charge in [-0.05, 0) is 22.8 Å². The maximum Gasteiger partial charge on any atom is 0.324 e. The highest BCUT2D eigenvalue weighted by molar-refractivity contribution is 7.82. The smallest absolute Gasteiger partial charge is 0.324 e. The third kappa shape index (κ3) is 1.91. The highest BCUT2D eigenvalue weighted by Crippen LogP contribution is 2.36. The zero-order valence-corrected chi connectivity index (χ0v) is 10.4. The molecule has 0 radical (unpaired) electrons. The first-order valence-corrected chi connectivity index (χ1v) is 5.98. The fraction of sp³-hybridized carbons (Fsp3) is 0.214. The summed E-state index contributed by atoms with van der Waals surface area (Å²) in [4.78, 5) is 11.4. The summed E-state index contributed by atoms with van der Waals surface area (Å²) in [5.41, 5.74) is 0.758. The van der Waals surface area contributed by atoms with Gasteiger partial charge in [0.25, 0.3) is 0 Å². The molecule has 0 aliphatic rings. The Morgan fingerprint density at radius 3 is 2.53 bits per heavy atom. The Balaban J connectivity index is 2.74. The Kier molecular flexibility index (Phi) is 3.11. The van der Waals surface area contributed by atoms with E-state index in [4.69, 9.17) is 0 Å². The van der Waals surface area contributed by atoms with E-state index in [0.717, 1.165) is 16.3 Å². The van der Waals surface area contributed by atoms with Gasteiger partial charge >= 0.3 is 5.97 Å². The number of thiol groups is 1. The first kappa shape index (κ1) is 12.0. The third-order valence-corrected chi connectivity index (χ3v) is 3.85. The van der Waals surface area contributed by atoms with Gasteiger partial charge in [0.05, 0.1) is 0 Å². The lowest BCUT2D eigenvalue weighted by atomic mass is 9.90. The first-order chi connectivity index (χ1) is 8.09. The van der Waals surface area contributed by atoms with Crippen LogP contribution in [0.5, 0.6) is 0 Å². The van der Waals surface area contributed by atoms with Crippen LogP contribution in [0, 0.1) is 0 Å². The van der Waals surface area contributed by atoms with Crippen molar-refractivity contribution in [2.24, 2.45) is 0 Å². The van der Waals surface area contributed by atoms with Gasteiger partial charge in [-0.3, -0.25) is 4.79 Å². The molecule has 2 nitrogen and oxygen atoms in total. The third-order valence-electron chi connectivity index (χ3n) is 3.10. The number of carboxylic acids is 1. The summed E-state index contributed by atoms with van der Waals surface area (Å²) in [6.07, 6.45) is 0.444. The van der Waals surface area contributed by atoms with E-state index < -0.39 is 10.7 Å².